The lowest BCUT2D eigenvalue weighted by molar-refractivity contribution is 0.242. The third-order valence-corrected chi connectivity index (χ3v) is 5.09. The van der Waals surface area contributed by atoms with E-state index in [1.165, 1.54) is 38.6 Å². The summed E-state index contributed by atoms with van der Waals surface area (Å²) in [5.74, 6) is 1.50. The molecule has 0 aromatic carbocycles. The van der Waals surface area contributed by atoms with Crippen LogP contribution < -0.4 is 15.4 Å². The fourth-order valence-electron chi connectivity index (χ4n) is 3.75. The fraction of sp³-hybridized carbons (Fsp3) is 0.667. The maximum Gasteiger partial charge on any atom is 0.213 e. The highest BCUT2D eigenvalue weighted by molar-refractivity contribution is 14.0. The summed E-state index contributed by atoms with van der Waals surface area (Å²) >= 11 is 0. The zero-order chi connectivity index (χ0) is 16.8. The Bertz CT molecular complexity index is 562. The van der Waals surface area contributed by atoms with Crippen molar-refractivity contribution in [2.24, 2.45) is 4.99 Å². The highest BCUT2D eigenvalue weighted by Crippen LogP contribution is 2.26. The van der Waals surface area contributed by atoms with Crippen molar-refractivity contribution in [3.8, 4) is 5.88 Å². The van der Waals surface area contributed by atoms with Crippen molar-refractivity contribution in [2.45, 2.75) is 50.7 Å². The SMILES string of the molecule is CN=C(NCc1ccnc(OC)c1)NC1CCN(C2CCCC2)C1.I. The van der Waals surface area contributed by atoms with Crippen molar-refractivity contribution < 1.29 is 4.74 Å². The summed E-state index contributed by atoms with van der Waals surface area (Å²) < 4.78 is 5.17. The van der Waals surface area contributed by atoms with Crippen LogP contribution in [0.3, 0.4) is 0 Å². The first-order valence-corrected chi connectivity index (χ1v) is 8.98. The number of nitrogens with one attached hydrogen (secondary N) is 2. The number of hydrogen-bond acceptors (Lipinski definition) is 4. The Balaban J connectivity index is 0.00000225. The second-order valence-corrected chi connectivity index (χ2v) is 6.70. The van der Waals surface area contributed by atoms with E-state index in [4.69, 9.17) is 4.74 Å². The van der Waals surface area contributed by atoms with Gasteiger partial charge in [0.05, 0.1) is 7.11 Å². The van der Waals surface area contributed by atoms with Crippen LogP contribution >= 0.6 is 24.0 Å². The monoisotopic (exact) mass is 459 g/mol. The Labute approximate surface area is 167 Å². The maximum atomic E-state index is 5.17. The molecule has 1 aromatic rings. The van der Waals surface area contributed by atoms with E-state index in [9.17, 15) is 0 Å². The lowest BCUT2D eigenvalue weighted by Gasteiger charge is -2.24. The molecule has 2 fully saturated rings. The number of halogens is 1. The van der Waals surface area contributed by atoms with E-state index in [0.717, 1.165) is 24.1 Å². The number of guanidine groups is 1. The average molecular weight is 459 g/mol. The van der Waals surface area contributed by atoms with Crippen LogP contribution in [0.2, 0.25) is 0 Å². The molecular formula is C18H30IN5O. The van der Waals surface area contributed by atoms with Crippen LogP contribution in [0.4, 0.5) is 0 Å². The summed E-state index contributed by atoms with van der Waals surface area (Å²) in [4.78, 5) is 11.2. The molecule has 0 bridgehead atoms. The number of hydrogen-bond donors (Lipinski definition) is 2. The minimum Gasteiger partial charge on any atom is -0.481 e. The largest absolute Gasteiger partial charge is 0.481 e. The van der Waals surface area contributed by atoms with Crippen LogP contribution in [0.1, 0.15) is 37.7 Å². The Hall–Kier alpha value is -1.09. The van der Waals surface area contributed by atoms with Gasteiger partial charge in [0.1, 0.15) is 0 Å². The van der Waals surface area contributed by atoms with Crippen LogP contribution in [-0.4, -0.2) is 55.2 Å². The van der Waals surface area contributed by atoms with Crippen molar-refractivity contribution in [2.75, 3.05) is 27.2 Å². The van der Waals surface area contributed by atoms with Gasteiger partial charge in [0.25, 0.3) is 0 Å². The van der Waals surface area contributed by atoms with Crippen molar-refractivity contribution in [1.29, 1.82) is 0 Å². The summed E-state index contributed by atoms with van der Waals surface area (Å²) in [6.07, 6.45) is 8.52. The Kier molecular flexibility index (Phi) is 8.21. The maximum absolute atomic E-state index is 5.17. The lowest BCUT2D eigenvalue weighted by atomic mass is 10.2. The van der Waals surface area contributed by atoms with Gasteiger partial charge in [0, 0.05) is 51.0 Å². The smallest absolute Gasteiger partial charge is 0.213 e. The van der Waals surface area contributed by atoms with Gasteiger partial charge in [-0.3, -0.25) is 9.89 Å². The predicted molar refractivity (Wildman–Crippen MR) is 112 cm³/mol. The molecule has 25 heavy (non-hydrogen) atoms. The number of ether oxygens (including phenoxy) is 1. The fourth-order valence-corrected chi connectivity index (χ4v) is 3.75. The molecule has 3 rings (SSSR count). The summed E-state index contributed by atoms with van der Waals surface area (Å²) in [6, 6.07) is 5.23. The van der Waals surface area contributed by atoms with Gasteiger partial charge >= 0.3 is 0 Å². The number of aromatic nitrogens is 1. The van der Waals surface area contributed by atoms with Crippen LogP contribution in [0, 0.1) is 0 Å². The van der Waals surface area contributed by atoms with E-state index < -0.39 is 0 Å². The van der Waals surface area contributed by atoms with Crippen LogP contribution in [-0.2, 0) is 6.54 Å². The Morgan fingerprint density at radius 2 is 2.16 bits per heavy atom. The van der Waals surface area contributed by atoms with E-state index >= 15 is 0 Å². The van der Waals surface area contributed by atoms with Crippen molar-refractivity contribution in [3.63, 3.8) is 0 Å². The molecule has 1 aliphatic heterocycles. The molecule has 1 unspecified atom stereocenters. The summed E-state index contributed by atoms with van der Waals surface area (Å²) in [5.41, 5.74) is 1.13. The van der Waals surface area contributed by atoms with Crippen molar-refractivity contribution in [1.82, 2.24) is 20.5 Å². The molecule has 1 saturated carbocycles. The minimum absolute atomic E-state index is 0. The molecule has 0 radical (unpaired) electrons. The Morgan fingerprint density at radius 1 is 1.36 bits per heavy atom. The third-order valence-electron chi connectivity index (χ3n) is 5.09. The van der Waals surface area contributed by atoms with Gasteiger partial charge in [-0.15, -0.1) is 24.0 Å². The molecule has 2 N–H and O–H groups in total. The van der Waals surface area contributed by atoms with Crippen molar-refractivity contribution in [3.05, 3.63) is 23.9 Å². The second kappa shape index (κ2) is 10.2. The molecule has 1 saturated heterocycles. The van der Waals surface area contributed by atoms with Crippen LogP contribution in [0.15, 0.2) is 23.3 Å². The lowest BCUT2D eigenvalue weighted by Crippen LogP contribution is -2.45. The summed E-state index contributed by atoms with van der Waals surface area (Å²) in [7, 11) is 3.46. The van der Waals surface area contributed by atoms with E-state index in [1.807, 2.05) is 19.2 Å². The topological polar surface area (TPSA) is 61.8 Å². The molecule has 0 amide bonds. The summed E-state index contributed by atoms with van der Waals surface area (Å²) in [6.45, 7) is 3.05. The molecule has 2 heterocycles. The molecule has 140 valence electrons. The van der Waals surface area contributed by atoms with Gasteiger partial charge in [0.15, 0.2) is 5.96 Å². The third kappa shape index (κ3) is 5.70. The molecule has 1 atom stereocenters. The van der Waals surface area contributed by atoms with Gasteiger partial charge in [-0.05, 0) is 30.9 Å². The highest BCUT2D eigenvalue weighted by atomic mass is 127. The molecule has 6 nitrogen and oxygen atoms in total. The van der Waals surface area contributed by atoms with E-state index in [0.29, 0.717) is 18.5 Å². The van der Waals surface area contributed by atoms with Crippen LogP contribution in [0.25, 0.3) is 0 Å². The van der Waals surface area contributed by atoms with Gasteiger partial charge in [-0.1, -0.05) is 12.8 Å². The van der Waals surface area contributed by atoms with E-state index in [-0.39, 0.29) is 24.0 Å². The first-order chi connectivity index (χ1) is 11.8. The quantitative estimate of drug-likeness (QED) is 0.403. The molecule has 2 aliphatic rings. The normalized spacial score (nSPS) is 21.8. The van der Waals surface area contributed by atoms with Gasteiger partial charge in [0.2, 0.25) is 5.88 Å². The number of likely N-dealkylation sites (tertiary alicyclic amines) is 1. The summed E-state index contributed by atoms with van der Waals surface area (Å²) in [5, 5.41) is 6.95. The zero-order valence-electron chi connectivity index (χ0n) is 15.2. The predicted octanol–water partition coefficient (Wildman–Crippen LogP) is 2.39. The van der Waals surface area contributed by atoms with Crippen LogP contribution in [0.5, 0.6) is 5.88 Å². The number of methoxy groups -OCH3 is 1. The highest BCUT2D eigenvalue weighted by Gasteiger charge is 2.30. The van der Waals surface area contributed by atoms with Gasteiger partial charge in [-0.25, -0.2) is 4.98 Å². The molecule has 1 aromatic heterocycles. The first kappa shape index (κ1) is 20.2. The number of aliphatic imine (C=N–C) groups is 1. The second-order valence-electron chi connectivity index (χ2n) is 6.70. The standard InChI is InChI=1S/C18H29N5O.HI/c1-19-18(21-12-14-7-9-20-17(11-14)24-2)22-15-8-10-23(13-15)16-5-3-4-6-16;/h7,9,11,15-16H,3-6,8,10,12-13H2,1-2H3,(H2,19,21,22);1H. The first-order valence-electron chi connectivity index (χ1n) is 8.98. The number of pyridine rings is 1. The average Bonchev–Trinajstić information content (AvgIpc) is 3.30. The molecule has 1 aliphatic carbocycles. The minimum atomic E-state index is 0. The van der Waals surface area contributed by atoms with E-state index in [2.05, 4.69) is 25.5 Å². The molecule has 7 heteroatoms. The zero-order valence-corrected chi connectivity index (χ0v) is 17.5. The van der Waals surface area contributed by atoms with Gasteiger partial charge < -0.3 is 15.4 Å². The van der Waals surface area contributed by atoms with Gasteiger partial charge in [-0.2, -0.15) is 0 Å². The number of rotatable bonds is 5. The van der Waals surface area contributed by atoms with E-state index in [1.54, 1.807) is 13.3 Å². The molecule has 0 spiro atoms. The molecular weight excluding hydrogens is 429 g/mol. The van der Waals surface area contributed by atoms with Crippen molar-refractivity contribution >= 4 is 29.9 Å². The Morgan fingerprint density at radius 3 is 2.88 bits per heavy atom. The number of nitrogens with zero attached hydrogens (tertiary/aromatic N) is 3.